The molecule has 142 valence electrons. The summed E-state index contributed by atoms with van der Waals surface area (Å²) >= 11 is 0. The molecule has 7 nitrogen and oxygen atoms in total. The van der Waals surface area contributed by atoms with E-state index in [0.29, 0.717) is 25.1 Å². The molecule has 1 unspecified atom stereocenters. The molecule has 1 aliphatic rings. The Hall–Kier alpha value is -2.12. The third-order valence-corrected chi connectivity index (χ3v) is 4.95. The van der Waals surface area contributed by atoms with Crippen molar-refractivity contribution in [3.05, 3.63) is 41.6 Å². The van der Waals surface area contributed by atoms with Crippen molar-refractivity contribution >= 4 is 5.91 Å². The van der Waals surface area contributed by atoms with E-state index < -0.39 is 0 Å². The predicted octanol–water partition coefficient (Wildman–Crippen LogP) is 1.90. The summed E-state index contributed by atoms with van der Waals surface area (Å²) in [6, 6.07) is 2.09. The maximum absolute atomic E-state index is 13.0. The minimum atomic E-state index is 0.0377. The van der Waals surface area contributed by atoms with Gasteiger partial charge < -0.3 is 14.4 Å². The molecular formula is C19H28N4O3. The Morgan fingerprint density at radius 1 is 1.42 bits per heavy atom. The van der Waals surface area contributed by atoms with Gasteiger partial charge in [-0.25, -0.2) is 0 Å². The zero-order valence-electron chi connectivity index (χ0n) is 15.6. The van der Waals surface area contributed by atoms with Crippen LogP contribution in [0.1, 0.15) is 41.4 Å². The number of carbonyl (C=O) groups excluding carboxylic acids is 1. The average molecular weight is 360 g/mol. The molecule has 0 spiro atoms. The largest absolute Gasteiger partial charge is 0.472 e. The first-order valence-electron chi connectivity index (χ1n) is 9.31. The van der Waals surface area contributed by atoms with E-state index in [4.69, 9.17) is 4.42 Å². The third kappa shape index (κ3) is 4.16. The summed E-state index contributed by atoms with van der Waals surface area (Å²) in [4.78, 5) is 17.2. The van der Waals surface area contributed by atoms with E-state index in [2.05, 4.69) is 16.9 Å². The smallest absolute Gasteiger partial charge is 0.257 e. The lowest BCUT2D eigenvalue weighted by Gasteiger charge is -2.41. The van der Waals surface area contributed by atoms with Gasteiger partial charge in [-0.05, 0) is 25.8 Å². The number of hydrogen-bond acceptors (Lipinski definition) is 5. The number of nitrogens with zero attached hydrogens (tertiary/aromatic N) is 4. The van der Waals surface area contributed by atoms with Crippen LogP contribution >= 0.6 is 0 Å². The highest BCUT2D eigenvalue weighted by Crippen LogP contribution is 2.19. The topological polar surface area (TPSA) is 74.7 Å². The Balaban J connectivity index is 1.69. The molecule has 2 aromatic heterocycles. The van der Waals surface area contributed by atoms with Crippen LogP contribution in [0.15, 0.2) is 29.2 Å². The Morgan fingerprint density at radius 3 is 2.96 bits per heavy atom. The quantitative estimate of drug-likeness (QED) is 0.816. The molecule has 7 heteroatoms. The molecule has 0 aromatic carbocycles. The van der Waals surface area contributed by atoms with Gasteiger partial charge >= 0.3 is 0 Å². The van der Waals surface area contributed by atoms with Gasteiger partial charge in [0.05, 0.1) is 23.8 Å². The molecule has 1 fully saturated rings. The van der Waals surface area contributed by atoms with Crippen molar-refractivity contribution < 1.29 is 14.3 Å². The molecule has 1 aliphatic heterocycles. The Morgan fingerprint density at radius 2 is 2.27 bits per heavy atom. The normalized spacial score (nSPS) is 18.4. The van der Waals surface area contributed by atoms with E-state index >= 15 is 0 Å². The monoisotopic (exact) mass is 360 g/mol. The van der Waals surface area contributed by atoms with Gasteiger partial charge in [0.1, 0.15) is 0 Å². The van der Waals surface area contributed by atoms with Crippen molar-refractivity contribution in [1.29, 1.82) is 0 Å². The summed E-state index contributed by atoms with van der Waals surface area (Å²) in [6.07, 6.45) is 6.92. The van der Waals surface area contributed by atoms with E-state index in [1.165, 1.54) is 0 Å². The van der Waals surface area contributed by atoms with Crippen molar-refractivity contribution in [1.82, 2.24) is 19.6 Å². The van der Waals surface area contributed by atoms with Gasteiger partial charge in [0.2, 0.25) is 0 Å². The molecule has 0 saturated carbocycles. The third-order valence-electron chi connectivity index (χ3n) is 4.95. The van der Waals surface area contributed by atoms with Gasteiger partial charge in [-0.2, -0.15) is 5.10 Å². The molecule has 1 amide bonds. The molecule has 0 bridgehead atoms. The number of furan rings is 1. The van der Waals surface area contributed by atoms with Gasteiger partial charge in [-0.3, -0.25) is 14.4 Å². The molecular weight excluding hydrogens is 332 g/mol. The van der Waals surface area contributed by atoms with Crippen molar-refractivity contribution in [3.63, 3.8) is 0 Å². The first-order chi connectivity index (χ1) is 12.6. The highest BCUT2D eigenvalue weighted by atomic mass is 16.3. The maximum atomic E-state index is 13.0. The van der Waals surface area contributed by atoms with Crippen molar-refractivity contribution in [3.8, 4) is 0 Å². The molecule has 1 atom stereocenters. The molecule has 3 rings (SSSR count). The van der Waals surface area contributed by atoms with Crippen LogP contribution in [-0.4, -0.2) is 62.9 Å². The zero-order chi connectivity index (χ0) is 18.5. The van der Waals surface area contributed by atoms with Crippen LogP contribution in [0.25, 0.3) is 0 Å². The van der Waals surface area contributed by atoms with Crippen LogP contribution in [0.2, 0.25) is 0 Å². The van der Waals surface area contributed by atoms with Crippen molar-refractivity contribution in [2.45, 2.75) is 45.8 Å². The summed E-state index contributed by atoms with van der Waals surface area (Å²) < 4.78 is 7.00. The highest BCUT2D eigenvalue weighted by molar-refractivity contribution is 5.95. The second kappa shape index (κ2) is 8.51. The van der Waals surface area contributed by atoms with Gasteiger partial charge in [-0.15, -0.1) is 0 Å². The molecule has 1 N–H and O–H groups in total. The number of hydrogen-bond donors (Lipinski definition) is 1. The minimum Gasteiger partial charge on any atom is -0.472 e. The van der Waals surface area contributed by atoms with Crippen LogP contribution < -0.4 is 0 Å². The summed E-state index contributed by atoms with van der Waals surface area (Å²) in [6.45, 7) is 7.77. The van der Waals surface area contributed by atoms with Gasteiger partial charge in [0.25, 0.3) is 5.91 Å². The van der Waals surface area contributed by atoms with Gasteiger partial charge in [0, 0.05) is 57.1 Å². The summed E-state index contributed by atoms with van der Waals surface area (Å²) in [5.41, 5.74) is 2.58. The van der Waals surface area contributed by atoms with Crippen molar-refractivity contribution in [2.24, 2.45) is 0 Å². The van der Waals surface area contributed by atoms with Crippen LogP contribution in [0.3, 0.4) is 0 Å². The molecule has 0 radical (unpaired) electrons. The number of aliphatic hydroxyl groups is 1. The Labute approximate surface area is 154 Å². The average Bonchev–Trinajstić information content (AvgIpc) is 3.26. The van der Waals surface area contributed by atoms with Crippen LogP contribution in [0.4, 0.5) is 0 Å². The van der Waals surface area contributed by atoms with E-state index in [1.54, 1.807) is 12.5 Å². The number of aromatic nitrogens is 2. The lowest BCUT2D eigenvalue weighted by Crippen LogP contribution is -2.54. The zero-order valence-corrected chi connectivity index (χ0v) is 15.6. The van der Waals surface area contributed by atoms with Gasteiger partial charge in [0.15, 0.2) is 0 Å². The van der Waals surface area contributed by atoms with Gasteiger partial charge in [-0.1, -0.05) is 6.92 Å². The van der Waals surface area contributed by atoms with Crippen LogP contribution in [0, 0.1) is 6.92 Å². The molecule has 0 aliphatic carbocycles. The summed E-state index contributed by atoms with van der Waals surface area (Å²) in [5, 5.41) is 13.9. The first kappa shape index (κ1) is 18.7. The number of carbonyl (C=O) groups is 1. The lowest BCUT2D eigenvalue weighted by molar-refractivity contribution is 0.0394. The Bertz CT molecular complexity index is 710. The second-order valence-electron chi connectivity index (χ2n) is 6.91. The number of piperazine rings is 1. The summed E-state index contributed by atoms with van der Waals surface area (Å²) in [7, 11) is 0. The maximum Gasteiger partial charge on any atom is 0.257 e. The number of amides is 1. The SMILES string of the molecule is CCCn1cc(C(=O)N2CCN(Cc3ccoc3)C(CCO)C2)c(C)n1. The van der Waals surface area contributed by atoms with E-state index in [9.17, 15) is 9.90 Å². The molecule has 1 saturated heterocycles. The van der Waals surface area contributed by atoms with E-state index in [1.807, 2.05) is 28.8 Å². The Kier molecular flexibility index (Phi) is 6.11. The molecule has 2 aromatic rings. The van der Waals surface area contributed by atoms with Crippen molar-refractivity contribution in [2.75, 3.05) is 26.2 Å². The fourth-order valence-corrected chi connectivity index (χ4v) is 3.57. The fraction of sp³-hybridized carbons (Fsp3) is 0.579. The molecule has 26 heavy (non-hydrogen) atoms. The summed E-state index contributed by atoms with van der Waals surface area (Å²) in [5.74, 6) is 0.0377. The second-order valence-corrected chi connectivity index (χ2v) is 6.91. The van der Waals surface area contributed by atoms with Crippen LogP contribution in [-0.2, 0) is 13.1 Å². The predicted molar refractivity (Wildman–Crippen MR) is 97.8 cm³/mol. The highest BCUT2D eigenvalue weighted by Gasteiger charge is 2.31. The number of aliphatic hydroxyl groups excluding tert-OH is 1. The van der Waals surface area contributed by atoms with E-state index in [0.717, 1.165) is 37.3 Å². The standard InChI is InChI=1S/C19H28N4O3/c1-3-6-23-13-18(15(2)20-23)19(25)22-8-7-21(17(12-22)4-9-24)11-16-5-10-26-14-16/h5,10,13-14,17,24H,3-4,6-9,11-12H2,1-2H3. The fourth-order valence-electron chi connectivity index (χ4n) is 3.57. The first-order valence-corrected chi connectivity index (χ1v) is 9.31. The van der Waals surface area contributed by atoms with E-state index in [-0.39, 0.29) is 18.6 Å². The molecule has 3 heterocycles. The minimum absolute atomic E-state index is 0.0377. The van der Waals surface area contributed by atoms with Crippen LogP contribution in [0.5, 0.6) is 0 Å². The lowest BCUT2D eigenvalue weighted by atomic mass is 10.1. The number of aryl methyl sites for hydroxylation is 2. The number of rotatable bonds is 7.